The van der Waals surface area contributed by atoms with E-state index in [-0.39, 0.29) is 0 Å². The van der Waals surface area contributed by atoms with Crippen molar-refractivity contribution in [1.82, 2.24) is 4.90 Å². The van der Waals surface area contributed by atoms with E-state index in [0.717, 1.165) is 35.7 Å². The largest absolute Gasteiger partial charge is 0.490 e. The Morgan fingerprint density at radius 3 is 2.65 bits per heavy atom. The van der Waals surface area contributed by atoms with Crippen molar-refractivity contribution in [3.05, 3.63) is 53.6 Å². The molecule has 3 rings (SSSR count). The Balaban J connectivity index is 1.63. The summed E-state index contributed by atoms with van der Waals surface area (Å²) in [6, 6.07) is 14.1. The molecular formula is C20H26N4O2. The molecule has 0 aliphatic carbocycles. The van der Waals surface area contributed by atoms with Crippen LogP contribution in [0.15, 0.2) is 47.5 Å². The molecule has 0 aromatic heterocycles. The predicted molar refractivity (Wildman–Crippen MR) is 105 cm³/mol. The molecule has 0 amide bonds. The van der Waals surface area contributed by atoms with Crippen LogP contribution < -0.4 is 20.5 Å². The molecule has 3 N–H and O–H groups in total. The first-order valence-corrected chi connectivity index (χ1v) is 8.79. The normalized spacial score (nSPS) is 14.2. The SMILES string of the molecule is CN(C)Cc1cccc(CN=C(N)Nc2ccc3c(c2)OCCCO3)c1. The standard InChI is InChI=1S/C20H26N4O2/c1-24(2)14-16-6-3-5-15(11-16)13-22-20(21)23-17-7-8-18-19(12-17)26-10-4-9-25-18/h3,5-8,11-12H,4,9-10,13-14H2,1-2H3,(H3,21,22,23). The summed E-state index contributed by atoms with van der Waals surface area (Å²) in [6.45, 7) is 2.77. The van der Waals surface area contributed by atoms with E-state index in [1.807, 2.05) is 18.2 Å². The fourth-order valence-electron chi connectivity index (χ4n) is 2.80. The number of benzene rings is 2. The zero-order valence-corrected chi connectivity index (χ0v) is 15.4. The number of anilines is 1. The first-order valence-electron chi connectivity index (χ1n) is 8.79. The van der Waals surface area contributed by atoms with Crippen molar-refractivity contribution >= 4 is 11.6 Å². The summed E-state index contributed by atoms with van der Waals surface area (Å²) in [5.74, 6) is 1.87. The summed E-state index contributed by atoms with van der Waals surface area (Å²) in [5, 5.41) is 3.11. The Bertz CT molecular complexity index is 774. The second kappa shape index (κ2) is 8.58. The molecule has 2 aromatic rings. The van der Waals surface area contributed by atoms with E-state index < -0.39 is 0 Å². The third-order valence-electron chi connectivity index (χ3n) is 3.94. The third kappa shape index (κ3) is 5.13. The van der Waals surface area contributed by atoms with E-state index in [0.29, 0.717) is 25.7 Å². The Kier molecular flexibility index (Phi) is 5.96. The lowest BCUT2D eigenvalue weighted by atomic mass is 10.1. The van der Waals surface area contributed by atoms with Gasteiger partial charge in [-0.15, -0.1) is 0 Å². The number of hydrogen-bond donors (Lipinski definition) is 2. The van der Waals surface area contributed by atoms with Gasteiger partial charge in [-0.25, -0.2) is 4.99 Å². The number of aliphatic imine (C=N–C) groups is 1. The molecule has 0 radical (unpaired) electrons. The number of ether oxygens (including phenoxy) is 2. The van der Waals surface area contributed by atoms with Crippen molar-refractivity contribution < 1.29 is 9.47 Å². The minimum absolute atomic E-state index is 0.373. The highest BCUT2D eigenvalue weighted by Gasteiger charge is 2.10. The fraction of sp³-hybridized carbons (Fsp3) is 0.350. The van der Waals surface area contributed by atoms with E-state index >= 15 is 0 Å². The van der Waals surface area contributed by atoms with Gasteiger partial charge in [0.25, 0.3) is 0 Å². The van der Waals surface area contributed by atoms with Crippen molar-refractivity contribution in [2.45, 2.75) is 19.5 Å². The summed E-state index contributed by atoms with van der Waals surface area (Å²) in [6.07, 6.45) is 0.883. The highest BCUT2D eigenvalue weighted by atomic mass is 16.5. The van der Waals surface area contributed by atoms with Crippen LogP contribution in [0.25, 0.3) is 0 Å². The maximum absolute atomic E-state index is 6.04. The first kappa shape index (κ1) is 18.1. The second-order valence-corrected chi connectivity index (χ2v) is 6.60. The quantitative estimate of drug-likeness (QED) is 0.638. The van der Waals surface area contributed by atoms with Gasteiger partial charge in [0.15, 0.2) is 17.5 Å². The zero-order chi connectivity index (χ0) is 18.4. The van der Waals surface area contributed by atoms with Crippen LogP contribution in [0.4, 0.5) is 5.69 Å². The Hall–Kier alpha value is -2.73. The maximum Gasteiger partial charge on any atom is 0.193 e. The van der Waals surface area contributed by atoms with Crippen LogP contribution in [0.1, 0.15) is 17.5 Å². The van der Waals surface area contributed by atoms with Gasteiger partial charge in [-0.1, -0.05) is 24.3 Å². The summed E-state index contributed by atoms with van der Waals surface area (Å²) in [4.78, 5) is 6.58. The molecule has 0 saturated carbocycles. The van der Waals surface area contributed by atoms with Crippen LogP contribution >= 0.6 is 0 Å². The number of rotatable bonds is 5. The van der Waals surface area contributed by atoms with Gasteiger partial charge >= 0.3 is 0 Å². The first-order chi connectivity index (χ1) is 12.6. The lowest BCUT2D eigenvalue weighted by molar-refractivity contribution is 0.297. The number of nitrogens with one attached hydrogen (secondary N) is 1. The van der Waals surface area contributed by atoms with Crippen molar-refractivity contribution in [3.63, 3.8) is 0 Å². The van der Waals surface area contributed by atoms with Crippen molar-refractivity contribution in [2.24, 2.45) is 10.7 Å². The zero-order valence-electron chi connectivity index (χ0n) is 15.4. The van der Waals surface area contributed by atoms with Crippen LogP contribution in [0, 0.1) is 0 Å². The highest BCUT2D eigenvalue weighted by Crippen LogP contribution is 2.32. The molecule has 0 unspecified atom stereocenters. The highest BCUT2D eigenvalue weighted by molar-refractivity contribution is 5.92. The molecule has 0 saturated heterocycles. The molecule has 0 spiro atoms. The van der Waals surface area contributed by atoms with Crippen LogP contribution in [0.3, 0.4) is 0 Å². The molecule has 0 atom stereocenters. The molecule has 6 nitrogen and oxygen atoms in total. The Morgan fingerprint density at radius 2 is 1.85 bits per heavy atom. The van der Waals surface area contributed by atoms with Gasteiger partial charge in [0.05, 0.1) is 19.8 Å². The van der Waals surface area contributed by atoms with Gasteiger partial charge in [0.2, 0.25) is 0 Å². The van der Waals surface area contributed by atoms with Crippen LogP contribution in [-0.2, 0) is 13.1 Å². The molecule has 1 aliphatic heterocycles. The van der Waals surface area contributed by atoms with Gasteiger partial charge < -0.3 is 25.4 Å². The van der Waals surface area contributed by atoms with Crippen LogP contribution in [-0.4, -0.2) is 38.2 Å². The fourth-order valence-corrected chi connectivity index (χ4v) is 2.80. The summed E-state index contributed by atoms with van der Waals surface area (Å²) in [5.41, 5.74) is 9.26. The Labute approximate surface area is 154 Å². The third-order valence-corrected chi connectivity index (χ3v) is 3.94. The molecule has 0 bridgehead atoms. The molecule has 0 fully saturated rings. The molecule has 1 aliphatic rings. The number of hydrogen-bond acceptors (Lipinski definition) is 4. The molecule has 1 heterocycles. The number of fused-ring (bicyclic) bond motifs is 1. The molecule has 26 heavy (non-hydrogen) atoms. The van der Waals surface area contributed by atoms with E-state index in [1.165, 1.54) is 5.56 Å². The van der Waals surface area contributed by atoms with E-state index in [4.69, 9.17) is 15.2 Å². The van der Waals surface area contributed by atoms with Crippen LogP contribution in [0.2, 0.25) is 0 Å². The summed E-state index contributed by atoms with van der Waals surface area (Å²) in [7, 11) is 4.12. The molecule has 6 heteroatoms. The van der Waals surface area contributed by atoms with E-state index in [2.05, 4.69) is 53.6 Å². The number of nitrogens with two attached hydrogens (primary N) is 1. The number of guanidine groups is 1. The average Bonchev–Trinajstić information content (AvgIpc) is 2.85. The van der Waals surface area contributed by atoms with E-state index in [9.17, 15) is 0 Å². The van der Waals surface area contributed by atoms with Gasteiger partial charge in [0.1, 0.15) is 0 Å². The molecule has 2 aromatic carbocycles. The topological polar surface area (TPSA) is 72.1 Å². The van der Waals surface area contributed by atoms with Gasteiger partial charge in [-0.2, -0.15) is 0 Å². The maximum atomic E-state index is 6.04. The van der Waals surface area contributed by atoms with Gasteiger partial charge in [-0.05, 0) is 37.4 Å². The van der Waals surface area contributed by atoms with Crippen molar-refractivity contribution in [2.75, 3.05) is 32.6 Å². The van der Waals surface area contributed by atoms with E-state index in [1.54, 1.807) is 0 Å². The summed E-state index contributed by atoms with van der Waals surface area (Å²) >= 11 is 0. The Morgan fingerprint density at radius 1 is 1.08 bits per heavy atom. The lowest BCUT2D eigenvalue weighted by Gasteiger charge is -2.11. The molecule has 138 valence electrons. The minimum Gasteiger partial charge on any atom is -0.490 e. The lowest BCUT2D eigenvalue weighted by Crippen LogP contribution is -2.22. The second-order valence-electron chi connectivity index (χ2n) is 6.60. The van der Waals surface area contributed by atoms with Crippen molar-refractivity contribution in [1.29, 1.82) is 0 Å². The van der Waals surface area contributed by atoms with Gasteiger partial charge in [-0.3, -0.25) is 0 Å². The smallest absolute Gasteiger partial charge is 0.193 e. The average molecular weight is 354 g/mol. The van der Waals surface area contributed by atoms with Gasteiger partial charge in [0, 0.05) is 24.7 Å². The molecular weight excluding hydrogens is 328 g/mol. The number of nitrogens with zero attached hydrogens (tertiary/aromatic N) is 2. The van der Waals surface area contributed by atoms with Crippen molar-refractivity contribution in [3.8, 4) is 11.5 Å². The monoisotopic (exact) mass is 354 g/mol. The minimum atomic E-state index is 0.373. The predicted octanol–water partition coefficient (Wildman–Crippen LogP) is 2.84. The van der Waals surface area contributed by atoms with Crippen LogP contribution in [0.5, 0.6) is 11.5 Å². The summed E-state index contributed by atoms with van der Waals surface area (Å²) < 4.78 is 11.3.